The zero-order chi connectivity index (χ0) is 19.5. The van der Waals surface area contributed by atoms with Crippen molar-refractivity contribution < 1.29 is 14.1 Å². The SMILES string of the molecule is O=C(COc1ccc(Cl)cc1)N1CCCC1c1nc(-c2cccc(Cl)c2)no1. The van der Waals surface area contributed by atoms with Gasteiger partial charge in [-0.2, -0.15) is 4.98 Å². The van der Waals surface area contributed by atoms with Gasteiger partial charge < -0.3 is 14.2 Å². The smallest absolute Gasteiger partial charge is 0.261 e. The third kappa shape index (κ3) is 4.13. The van der Waals surface area contributed by atoms with Crippen LogP contribution in [-0.4, -0.2) is 34.1 Å². The van der Waals surface area contributed by atoms with Crippen molar-refractivity contribution in [3.8, 4) is 17.1 Å². The van der Waals surface area contributed by atoms with Crippen LogP contribution in [0.25, 0.3) is 11.4 Å². The van der Waals surface area contributed by atoms with Gasteiger partial charge in [-0.15, -0.1) is 0 Å². The Kier molecular flexibility index (Phi) is 5.50. The highest BCUT2D eigenvalue weighted by molar-refractivity contribution is 6.31. The minimum absolute atomic E-state index is 0.0621. The quantitative estimate of drug-likeness (QED) is 0.596. The highest BCUT2D eigenvalue weighted by atomic mass is 35.5. The summed E-state index contributed by atoms with van der Waals surface area (Å²) in [6, 6.07) is 13.9. The Labute approximate surface area is 172 Å². The molecule has 0 spiro atoms. The minimum atomic E-state index is -0.248. The zero-order valence-corrected chi connectivity index (χ0v) is 16.4. The van der Waals surface area contributed by atoms with Crippen LogP contribution in [0, 0.1) is 0 Å². The van der Waals surface area contributed by atoms with Gasteiger partial charge in [0.05, 0.1) is 0 Å². The minimum Gasteiger partial charge on any atom is -0.484 e. The first kappa shape index (κ1) is 18.8. The first-order valence-corrected chi connectivity index (χ1v) is 9.63. The highest BCUT2D eigenvalue weighted by Crippen LogP contribution is 2.32. The number of nitrogens with zero attached hydrogens (tertiary/aromatic N) is 3. The van der Waals surface area contributed by atoms with E-state index in [1.54, 1.807) is 41.3 Å². The largest absolute Gasteiger partial charge is 0.484 e. The molecular formula is C20H17Cl2N3O3. The number of likely N-dealkylation sites (tertiary alicyclic amines) is 1. The van der Waals surface area contributed by atoms with E-state index < -0.39 is 0 Å². The first-order chi connectivity index (χ1) is 13.6. The molecule has 8 heteroatoms. The molecule has 0 bridgehead atoms. The van der Waals surface area contributed by atoms with Crippen LogP contribution in [0.5, 0.6) is 5.75 Å². The van der Waals surface area contributed by atoms with Crippen LogP contribution in [0.2, 0.25) is 10.0 Å². The summed E-state index contributed by atoms with van der Waals surface area (Å²) in [7, 11) is 0. The van der Waals surface area contributed by atoms with Crippen LogP contribution in [0.4, 0.5) is 0 Å². The molecule has 4 rings (SSSR count). The number of carbonyl (C=O) groups is 1. The van der Waals surface area contributed by atoms with E-state index in [4.69, 9.17) is 32.5 Å². The molecule has 0 saturated carbocycles. The molecule has 3 aromatic rings. The normalized spacial score (nSPS) is 16.4. The second kappa shape index (κ2) is 8.20. The zero-order valence-electron chi connectivity index (χ0n) is 14.8. The Morgan fingerprint density at radius 2 is 2.00 bits per heavy atom. The molecule has 0 aliphatic carbocycles. The maximum Gasteiger partial charge on any atom is 0.261 e. The van der Waals surface area contributed by atoms with Crippen LogP contribution in [-0.2, 0) is 4.79 Å². The lowest BCUT2D eigenvalue weighted by atomic mass is 10.2. The Balaban J connectivity index is 1.44. The number of aromatic nitrogens is 2. The maximum absolute atomic E-state index is 12.7. The number of amides is 1. The van der Waals surface area contributed by atoms with Crippen LogP contribution >= 0.6 is 23.2 Å². The summed E-state index contributed by atoms with van der Waals surface area (Å²) in [6.45, 7) is 0.565. The average Bonchev–Trinajstić information content (AvgIpc) is 3.36. The molecule has 0 N–H and O–H groups in total. The fourth-order valence-corrected chi connectivity index (χ4v) is 3.51. The first-order valence-electron chi connectivity index (χ1n) is 8.87. The van der Waals surface area contributed by atoms with E-state index in [1.165, 1.54) is 0 Å². The number of rotatable bonds is 5. The highest BCUT2D eigenvalue weighted by Gasteiger charge is 2.34. The molecule has 2 aromatic carbocycles. The van der Waals surface area contributed by atoms with Crippen LogP contribution < -0.4 is 4.74 Å². The van der Waals surface area contributed by atoms with Crippen molar-refractivity contribution in [2.75, 3.05) is 13.2 Å². The van der Waals surface area contributed by atoms with Gasteiger partial charge in [0.1, 0.15) is 11.8 Å². The third-order valence-corrected chi connectivity index (χ3v) is 5.05. The fraction of sp³-hybridized carbons (Fsp3) is 0.250. The molecule has 6 nitrogen and oxygen atoms in total. The summed E-state index contributed by atoms with van der Waals surface area (Å²) in [5, 5.41) is 5.26. The Bertz CT molecular complexity index is 975. The van der Waals surface area contributed by atoms with Gasteiger partial charge in [-0.1, -0.05) is 40.5 Å². The van der Waals surface area contributed by atoms with Gasteiger partial charge >= 0.3 is 0 Å². The molecule has 1 aromatic heterocycles. The second-order valence-corrected chi connectivity index (χ2v) is 7.33. The van der Waals surface area contributed by atoms with Crippen LogP contribution in [0.3, 0.4) is 0 Å². The van der Waals surface area contributed by atoms with Crippen molar-refractivity contribution in [2.45, 2.75) is 18.9 Å². The van der Waals surface area contributed by atoms with Crippen molar-refractivity contribution in [3.05, 3.63) is 64.5 Å². The van der Waals surface area contributed by atoms with E-state index in [0.29, 0.717) is 34.1 Å². The van der Waals surface area contributed by atoms with E-state index in [9.17, 15) is 4.79 Å². The summed E-state index contributed by atoms with van der Waals surface area (Å²) in [6.07, 6.45) is 1.64. The summed E-state index contributed by atoms with van der Waals surface area (Å²) in [5.74, 6) is 1.34. The van der Waals surface area contributed by atoms with Gasteiger partial charge in [-0.3, -0.25) is 4.79 Å². The Morgan fingerprint density at radius 1 is 1.18 bits per heavy atom. The number of hydrogen-bond acceptors (Lipinski definition) is 5. The second-order valence-electron chi connectivity index (χ2n) is 6.45. The predicted molar refractivity (Wildman–Crippen MR) is 105 cm³/mol. The van der Waals surface area contributed by atoms with Crippen molar-refractivity contribution in [2.24, 2.45) is 0 Å². The monoisotopic (exact) mass is 417 g/mol. The molecule has 1 aliphatic rings. The number of benzene rings is 2. The van der Waals surface area contributed by atoms with Gasteiger partial charge in [0, 0.05) is 22.2 Å². The van der Waals surface area contributed by atoms with E-state index >= 15 is 0 Å². The summed E-state index contributed by atoms with van der Waals surface area (Å²) < 4.78 is 11.0. The van der Waals surface area contributed by atoms with E-state index in [0.717, 1.165) is 18.4 Å². The molecule has 1 atom stereocenters. The Hall–Kier alpha value is -2.57. The van der Waals surface area contributed by atoms with Gasteiger partial charge in [0.15, 0.2) is 6.61 Å². The van der Waals surface area contributed by atoms with Crippen molar-refractivity contribution in [1.82, 2.24) is 15.0 Å². The molecule has 28 heavy (non-hydrogen) atoms. The molecule has 1 amide bonds. The summed E-state index contributed by atoms with van der Waals surface area (Å²) >= 11 is 11.9. The standard InChI is InChI=1S/C20H17Cl2N3O3/c21-14-6-8-16(9-7-14)27-12-18(26)25-10-2-5-17(25)20-23-19(24-28-20)13-3-1-4-15(22)11-13/h1,3-4,6-9,11,17H,2,5,10,12H2. The molecule has 1 aliphatic heterocycles. The predicted octanol–water partition coefficient (Wildman–Crippen LogP) is 4.79. The third-order valence-electron chi connectivity index (χ3n) is 4.56. The number of hydrogen-bond donors (Lipinski definition) is 0. The van der Waals surface area contributed by atoms with Gasteiger partial charge in [0.2, 0.25) is 11.7 Å². The number of halogens is 2. The van der Waals surface area contributed by atoms with Crippen LogP contribution in [0.1, 0.15) is 24.8 Å². The maximum atomic E-state index is 12.7. The fourth-order valence-electron chi connectivity index (χ4n) is 3.20. The van der Waals surface area contributed by atoms with Crippen molar-refractivity contribution >= 4 is 29.1 Å². The molecule has 144 valence electrons. The summed E-state index contributed by atoms with van der Waals surface area (Å²) in [5.41, 5.74) is 0.768. The number of carbonyl (C=O) groups excluding carboxylic acids is 1. The topological polar surface area (TPSA) is 68.5 Å². The van der Waals surface area contributed by atoms with Crippen molar-refractivity contribution in [1.29, 1.82) is 0 Å². The van der Waals surface area contributed by atoms with Crippen LogP contribution in [0.15, 0.2) is 53.1 Å². The molecule has 0 radical (unpaired) electrons. The lowest BCUT2D eigenvalue weighted by Gasteiger charge is -2.21. The van der Waals surface area contributed by atoms with Gasteiger partial charge in [-0.05, 0) is 49.2 Å². The van der Waals surface area contributed by atoms with Gasteiger partial charge in [-0.25, -0.2) is 0 Å². The van der Waals surface area contributed by atoms with E-state index in [-0.39, 0.29) is 18.6 Å². The molecule has 1 fully saturated rings. The number of ether oxygens (including phenoxy) is 1. The van der Waals surface area contributed by atoms with E-state index in [2.05, 4.69) is 10.1 Å². The Morgan fingerprint density at radius 3 is 2.79 bits per heavy atom. The van der Waals surface area contributed by atoms with Crippen molar-refractivity contribution in [3.63, 3.8) is 0 Å². The van der Waals surface area contributed by atoms with E-state index in [1.807, 2.05) is 12.1 Å². The molecule has 2 heterocycles. The molecular weight excluding hydrogens is 401 g/mol. The lowest BCUT2D eigenvalue weighted by Crippen LogP contribution is -2.34. The molecule has 1 saturated heterocycles. The average molecular weight is 418 g/mol. The molecule has 1 unspecified atom stereocenters. The van der Waals surface area contributed by atoms with Gasteiger partial charge in [0.25, 0.3) is 5.91 Å². The lowest BCUT2D eigenvalue weighted by molar-refractivity contribution is -0.134. The summed E-state index contributed by atoms with van der Waals surface area (Å²) in [4.78, 5) is 18.9.